The fraction of sp³-hybridized carbons (Fsp3) is 0.185. The maximum atomic E-state index is 13.1. The molecule has 1 atom stereocenters. The first-order valence-corrected chi connectivity index (χ1v) is 12.0. The van der Waals surface area contributed by atoms with Crippen molar-refractivity contribution >= 4 is 28.3 Å². The molecule has 3 aromatic heterocycles. The van der Waals surface area contributed by atoms with E-state index in [0.717, 1.165) is 33.3 Å². The van der Waals surface area contributed by atoms with Crippen molar-refractivity contribution in [3.8, 4) is 22.5 Å². The number of carbonyl (C=O) groups is 1. The van der Waals surface area contributed by atoms with Crippen LogP contribution in [-0.2, 0) is 4.74 Å². The van der Waals surface area contributed by atoms with E-state index in [1.54, 1.807) is 17.3 Å². The van der Waals surface area contributed by atoms with Crippen molar-refractivity contribution in [2.24, 2.45) is 0 Å². The van der Waals surface area contributed by atoms with Crippen molar-refractivity contribution in [3.05, 3.63) is 78.9 Å². The van der Waals surface area contributed by atoms with Crippen LogP contribution in [0.2, 0.25) is 0 Å². The Hall–Kier alpha value is -4.54. The van der Waals surface area contributed by atoms with E-state index in [0.29, 0.717) is 37.1 Å². The number of nitrogens with one attached hydrogen (secondary N) is 3. The van der Waals surface area contributed by atoms with Crippen molar-refractivity contribution in [2.75, 3.05) is 31.7 Å². The van der Waals surface area contributed by atoms with Crippen LogP contribution in [0.15, 0.2) is 73.2 Å². The monoisotopic (exact) mass is 495 g/mol. The molecule has 1 aliphatic heterocycles. The predicted molar refractivity (Wildman–Crippen MR) is 139 cm³/mol. The third-order valence-electron chi connectivity index (χ3n) is 6.45. The quantitative estimate of drug-likeness (QED) is 0.283. The number of rotatable bonds is 6. The molecule has 0 aliphatic carbocycles. The number of hydrogen-bond acceptors (Lipinski definition) is 7. The Bertz CT molecular complexity index is 1530. The van der Waals surface area contributed by atoms with E-state index < -0.39 is 0 Å². The van der Waals surface area contributed by atoms with Gasteiger partial charge in [0.2, 0.25) is 0 Å². The van der Waals surface area contributed by atoms with Crippen LogP contribution in [0.5, 0.6) is 0 Å². The minimum Gasteiger partial charge on any atom is -0.394 e. The van der Waals surface area contributed by atoms with Gasteiger partial charge in [-0.2, -0.15) is 5.10 Å². The van der Waals surface area contributed by atoms with E-state index in [1.807, 2.05) is 60.8 Å². The molecule has 10 heteroatoms. The highest BCUT2D eigenvalue weighted by Crippen LogP contribution is 2.26. The predicted octanol–water partition coefficient (Wildman–Crippen LogP) is 3.59. The number of aromatic nitrogens is 5. The van der Waals surface area contributed by atoms with Crippen LogP contribution in [0.3, 0.4) is 0 Å². The lowest BCUT2D eigenvalue weighted by Crippen LogP contribution is -2.50. The molecule has 1 amide bonds. The molecule has 0 saturated carbocycles. The third kappa shape index (κ3) is 4.67. The van der Waals surface area contributed by atoms with Gasteiger partial charge in [0.1, 0.15) is 11.5 Å². The average Bonchev–Trinajstić information content (AvgIpc) is 3.63. The Labute approximate surface area is 212 Å². The van der Waals surface area contributed by atoms with Gasteiger partial charge >= 0.3 is 0 Å². The summed E-state index contributed by atoms with van der Waals surface area (Å²) in [4.78, 5) is 27.1. The maximum Gasteiger partial charge on any atom is 0.270 e. The van der Waals surface area contributed by atoms with E-state index in [9.17, 15) is 9.90 Å². The molecular weight excluding hydrogens is 470 g/mol. The Morgan fingerprint density at radius 2 is 1.97 bits per heavy atom. The summed E-state index contributed by atoms with van der Waals surface area (Å²) in [5.74, 6) is 1.09. The number of amides is 1. The second-order valence-corrected chi connectivity index (χ2v) is 8.85. The molecule has 6 rings (SSSR count). The van der Waals surface area contributed by atoms with Gasteiger partial charge in [-0.15, -0.1) is 0 Å². The first-order chi connectivity index (χ1) is 18.2. The van der Waals surface area contributed by atoms with Crippen molar-refractivity contribution < 1.29 is 14.6 Å². The number of nitrogens with zero attached hydrogens (tertiary/aromatic N) is 4. The number of aliphatic hydroxyl groups excluding tert-OH is 1. The molecule has 5 aromatic rings. The summed E-state index contributed by atoms with van der Waals surface area (Å²) in [7, 11) is 0. The molecule has 0 radical (unpaired) electrons. The molecule has 186 valence electrons. The fourth-order valence-corrected chi connectivity index (χ4v) is 4.48. The van der Waals surface area contributed by atoms with Gasteiger partial charge < -0.3 is 25.0 Å². The highest BCUT2D eigenvalue weighted by molar-refractivity contribution is 5.99. The van der Waals surface area contributed by atoms with Gasteiger partial charge in [0.05, 0.1) is 32.1 Å². The molecule has 1 fully saturated rings. The number of hydrogen-bond donors (Lipinski definition) is 4. The van der Waals surface area contributed by atoms with Crippen LogP contribution in [0.25, 0.3) is 33.4 Å². The van der Waals surface area contributed by atoms with Gasteiger partial charge in [0, 0.05) is 46.7 Å². The lowest BCUT2D eigenvalue weighted by Gasteiger charge is -2.34. The fourth-order valence-electron chi connectivity index (χ4n) is 4.48. The van der Waals surface area contributed by atoms with E-state index in [1.165, 1.54) is 0 Å². The SMILES string of the molecule is O=C(c1cc2ccc(-c3nccc(Nc4ccc(-c5cn[nH]c5)cc4)n3)cc2[nH]1)N1CCOCC1CO. The summed E-state index contributed by atoms with van der Waals surface area (Å²) in [5.41, 5.74) is 5.11. The zero-order valence-electron chi connectivity index (χ0n) is 19.9. The van der Waals surface area contributed by atoms with Gasteiger partial charge in [-0.1, -0.05) is 24.3 Å². The Balaban J connectivity index is 1.21. The molecule has 4 heterocycles. The van der Waals surface area contributed by atoms with Crippen molar-refractivity contribution in [2.45, 2.75) is 6.04 Å². The van der Waals surface area contributed by atoms with Gasteiger partial charge in [-0.25, -0.2) is 9.97 Å². The van der Waals surface area contributed by atoms with Crippen molar-refractivity contribution in [1.82, 2.24) is 30.0 Å². The molecule has 1 unspecified atom stereocenters. The van der Waals surface area contributed by atoms with Crippen LogP contribution in [-0.4, -0.2) is 73.5 Å². The Morgan fingerprint density at radius 3 is 2.78 bits per heavy atom. The highest BCUT2D eigenvalue weighted by atomic mass is 16.5. The Morgan fingerprint density at radius 1 is 1.11 bits per heavy atom. The lowest BCUT2D eigenvalue weighted by molar-refractivity contribution is -0.0186. The van der Waals surface area contributed by atoms with E-state index in [4.69, 9.17) is 4.74 Å². The summed E-state index contributed by atoms with van der Waals surface area (Å²) in [6, 6.07) is 17.1. The maximum absolute atomic E-state index is 13.1. The second kappa shape index (κ2) is 9.84. The molecule has 0 spiro atoms. The average molecular weight is 496 g/mol. The number of benzene rings is 2. The molecule has 0 bridgehead atoms. The number of fused-ring (bicyclic) bond motifs is 1. The zero-order chi connectivity index (χ0) is 25.2. The molecule has 2 aromatic carbocycles. The van der Waals surface area contributed by atoms with Gasteiger partial charge in [0.15, 0.2) is 5.82 Å². The highest BCUT2D eigenvalue weighted by Gasteiger charge is 2.28. The van der Waals surface area contributed by atoms with Gasteiger partial charge in [-0.3, -0.25) is 9.89 Å². The number of aliphatic hydroxyl groups is 1. The first kappa shape index (κ1) is 22.9. The number of aromatic amines is 2. The topological polar surface area (TPSA) is 132 Å². The van der Waals surface area contributed by atoms with Crippen LogP contribution in [0.4, 0.5) is 11.5 Å². The lowest BCUT2D eigenvalue weighted by atomic mass is 10.1. The summed E-state index contributed by atoms with van der Waals surface area (Å²) in [5, 5.41) is 20.7. The molecular formula is C27H25N7O3. The summed E-state index contributed by atoms with van der Waals surface area (Å²) >= 11 is 0. The minimum atomic E-state index is -0.339. The summed E-state index contributed by atoms with van der Waals surface area (Å²) in [6.45, 7) is 1.11. The molecule has 4 N–H and O–H groups in total. The van der Waals surface area contributed by atoms with Crippen molar-refractivity contribution in [3.63, 3.8) is 0 Å². The zero-order valence-corrected chi connectivity index (χ0v) is 19.9. The molecule has 1 aliphatic rings. The normalized spacial score (nSPS) is 15.7. The number of anilines is 2. The number of ether oxygens (including phenoxy) is 1. The van der Waals surface area contributed by atoms with Crippen LogP contribution < -0.4 is 5.32 Å². The van der Waals surface area contributed by atoms with Crippen LogP contribution in [0.1, 0.15) is 10.5 Å². The van der Waals surface area contributed by atoms with Crippen LogP contribution in [0, 0.1) is 0 Å². The van der Waals surface area contributed by atoms with Gasteiger partial charge in [0.25, 0.3) is 5.91 Å². The minimum absolute atomic E-state index is 0.133. The smallest absolute Gasteiger partial charge is 0.270 e. The second-order valence-electron chi connectivity index (χ2n) is 8.85. The molecule has 10 nitrogen and oxygen atoms in total. The number of H-pyrrole nitrogens is 2. The summed E-state index contributed by atoms with van der Waals surface area (Å²) in [6.07, 6.45) is 5.35. The van der Waals surface area contributed by atoms with E-state index in [-0.39, 0.29) is 18.6 Å². The summed E-state index contributed by atoms with van der Waals surface area (Å²) < 4.78 is 5.39. The van der Waals surface area contributed by atoms with Crippen LogP contribution >= 0.6 is 0 Å². The van der Waals surface area contributed by atoms with E-state index in [2.05, 4.69) is 30.5 Å². The standard InChI is InChI=1S/C27H25N7O3/c35-15-22-16-37-10-9-34(22)27(36)24-11-18-1-2-19(12-23(18)32-24)26-28-8-7-25(33-26)31-21-5-3-17(4-6-21)20-13-29-30-14-20/h1-8,11-14,22,32,35H,9-10,15-16H2,(H,29,30)(H,28,31,33). The Kier molecular flexibility index (Phi) is 6.09. The van der Waals surface area contributed by atoms with Gasteiger partial charge in [-0.05, 0) is 35.9 Å². The number of morpholine rings is 1. The third-order valence-corrected chi connectivity index (χ3v) is 6.45. The number of carbonyl (C=O) groups excluding carboxylic acids is 1. The molecule has 1 saturated heterocycles. The molecule has 37 heavy (non-hydrogen) atoms. The largest absolute Gasteiger partial charge is 0.394 e. The van der Waals surface area contributed by atoms with Crippen molar-refractivity contribution in [1.29, 1.82) is 0 Å². The first-order valence-electron chi connectivity index (χ1n) is 12.0. The van der Waals surface area contributed by atoms with E-state index >= 15 is 0 Å².